The summed E-state index contributed by atoms with van der Waals surface area (Å²) in [4.78, 5) is 3.79. The number of rotatable bonds is 4. The zero-order valence-corrected chi connectivity index (χ0v) is 13.1. The van der Waals surface area contributed by atoms with Crippen molar-refractivity contribution in [3.05, 3.63) is 65.5 Å². The van der Waals surface area contributed by atoms with Crippen LogP contribution in [0.15, 0.2) is 48.7 Å². The van der Waals surface area contributed by atoms with E-state index in [2.05, 4.69) is 10.3 Å². The first-order valence-corrected chi connectivity index (χ1v) is 5.82. The smallest absolute Gasteiger partial charge is 0.307 e. The van der Waals surface area contributed by atoms with Gasteiger partial charge in [-0.1, -0.05) is 38.7 Å². The van der Waals surface area contributed by atoms with Crippen molar-refractivity contribution in [3.63, 3.8) is 0 Å². The summed E-state index contributed by atoms with van der Waals surface area (Å²) in [6.07, 6.45) is -3.47. The molecule has 0 radical (unpaired) electrons. The van der Waals surface area contributed by atoms with Crippen molar-refractivity contribution in [2.45, 2.75) is 19.3 Å². The summed E-state index contributed by atoms with van der Waals surface area (Å²) in [5.74, 6) is 0. The van der Waals surface area contributed by atoms with Crippen LogP contribution in [0.5, 0.6) is 0 Å². The van der Waals surface area contributed by atoms with Gasteiger partial charge in [0.1, 0.15) is 0 Å². The molecule has 0 atom stereocenters. The van der Waals surface area contributed by atoms with Gasteiger partial charge in [0, 0.05) is 19.3 Å². The van der Waals surface area contributed by atoms with Crippen molar-refractivity contribution in [1.82, 2.24) is 10.3 Å². The zero-order chi connectivity index (χ0) is 13.7. The summed E-state index contributed by atoms with van der Waals surface area (Å²) >= 11 is 0. The van der Waals surface area contributed by atoms with E-state index in [-0.39, 0.29) is 38.0 Å². The second kappa shape index (κ2) is 9.25. The minimum atomic E-state index is -4.33. The molecule has 0 saturated heterocycles. The van der Waals surface area contributed by atoms with E-state index in [1.165, 1.54) is 6.07 Å². The molecule has 2 aromatic rings. The maximum absolute atomic E-state index is 12.3. The second-order valence-corrected chi connectivity index (χ2v) is 4.13. The molecular formula is C14H17BF3N2Na. The molecule has 0 saturated carbocycles. The molecule has 0 fully saturated rings. The molecular weight excluding hydrogens is 287 g/mol. The molecule has 7 heteroatoms. The number of hydrogen-bond donors (Lipinski definition) is 1. The molecule has 1 aromatic carbocycles. The van der Waals surface area contributed by atoms with E-state index in [1.807, 2.05) is 30.3 Å². The third kappa shape index (κ3) is 6.65. The fourth-order valence-electron chi connectivity index (χ4n) is 1.63. The van der Waals surface area contributed by atoms with Crippen LogP contribution in [0.1, 0.15) is 16.8 Å². The molecule has 2 nitrogen and oxygen atoms in total. The van der Waals surface area contributed by atoms with E-state index in [0.717, 1.165) is 17.8 Å². The Balaban J connectivity index is 0.00000200. The van der Waals surface area contributed by atoms with Gasteiger partial charge in [0.2, 0.25) is 0 Å². The zero-order valence-electron chi connectivity index (χ0n) is 11.1. The maximum atomic E-state index is 12.3. The Morgan fingerprint density at radius 3 is 2.14 bits per heavy atom. The molecule has 0 aliphatic heterocycles. The number of aromatic nitrogens is 1. The topological polar surface area (TPSA) is 24.9 Å². The van der Waals surface area contributed by atoms with Gasteiger partial charge in [0.25, 0.3) is 0 Å². The first kappa shape index (κ1) is 20.2. The van der Waals surface area contributed by atoms with Gasteiger partial charge in [0.15, 0.2) is 0 Å². The molecule has 0 bridgehead atoms. The second-order valence-electron chi connectivity index (χ2n) is 4.13. The average Bonchev–Trinajstić information content (AvgIpc) is 2.39. The number of halogens is 3. The Bertz CT molecular complexity index is 518. The maximum Gasteiger partial charge on any atom is 1.00 e. The van der Waals surface area contributed by atoms with Crippen LogP contribution in [-0.2, 0) is 19.3 Å². The van der Waals surface area contributed by atoms with Crippen molar-refractivity contribution >= 4 is 8.41 Å². The molecule has 1 N–H and O–H groups in total. The van der Waals surface area contributed by atoms with Crippen LogP contribution in [0.3, 0.4) is 0 Å². The predicted molar refractivity (Wildman–Crippen MR) is 77.6 cm³/mol. The molecule has 1 heterocycles. The molecule has 108 valence electrons. The van der Waals surface area contributed by atoms with Crippen LogP contribution in [0, 0.1) is 0 Å². The van der Waals surface area contributed by atoms with Gasteiger partial charge in [-0.15, -0.1) is 0 Å². The van der Waals surface area contributed by atoms with Gasteiger partial charge in [-0.3, -0.25) is 4.98 Å². The fourth-order valence-corrected chi connectivity index (χ4v) is 1.63. The molecule has 0 aliphatic rings. The van der Waals surface area contributed by atoms with Gasteiger partial charge in [0.05, 0.1) is 11.3 Å². The third-order valence-corrected chi connectivity index (χ3v) is 2.63. The van der Waals surface area contributed by atoms with E-state index in [4.69, 9.17) is 0 Å². The number of alkyl halides is 3. The number of pyridine rings is 1. The monoisotopic (exact) mass is 304 g/mol. The van der Waals surface area contributed by atoms with Crippen LogP contribution in [0.4, 0.5) is 13.2 Å². The van der Waals surface area contributed by atoms with Crippen molar-refractivity contribution in [2.75, 3.05) is 0 Å². The van der Waals surface area contributed by atoms with Gasteiger partial charge < -0.3 is 5.32 Å². The minimum Gasteiger partial charge on any atom is -0.307 e. The Kier molecular flexibility index (Phi) is 8.89. The molecule has 21 heavy (non-hydrogen) atoms. The quantitative estimate of drug-likeness (QED) is 0.729. The summed E-state index contributed by atoms with van der Waals surface area (Å²) in [5.41, 5.74) is 0.984. The molecule has 0 spiro atoms. The molecule has 1 aromatic heterocycles. The van der Waals surface area contributed by atoms with Crippen LogP contribution < -0.4 is 34.9 Å². The molecule has 2 rings (SSSR count). The standard InChI is InChI=1S/C14H13F3N2.BH4.Na/c15-14(16,17)12-6-7-13(19-9-12)10-18-8-11-4-2-1-3-5-11;;/h1-7,9,18H,8,10H2;1H4;/q;-1;+1. The van der Waals surface area contributed by atoms with Crippen molar-refractivity contribution in [3.8, 4) is 0 Å². The summed E-state index contributed by atoms with van der Waals surface area (Å²) in [6, 6.07) is 12.2. The van der Waals surface area contributed by atoms with E-state index in [1.54, 1.807) is 0 Å². The normalized spacial score (nSPS) is 10.4. The first-order chi connectivity index (χ1) is 9.05. The minimum absolute atomic E-state index is 0. The van der Waals surface area contributed by atoms with E-state index in [9.17, 15) is 13.2 Å². The number of benzene rings is 1. The number of hydrogen-bond acceptors (Lipinski definition) is 2. The van der Waals surface area contributed by atoms with E-state index < -0.39 is 11.7 Å². The van der Waals surface area contributed by atoms with Gasteiger partial charge >= 0.3 is 35.7 Å². The molecule has 0 aliphatic carbocycles. The Hall–Kier alpha value is -0.815. The van der Waals surface area contributed by atoms with Crippen LogP contribution in [0.25, 0.3) is 0 Å². The van der Waals surface area contributed by atoms with Crippen molar-refractivity contribution in [1.29, 1.82) is 0 Å². The summed E-state index contributed by atoms with van der Waals surface area (Å²) in [7, 11) is 0. The van der Waals surface area contributed by atoms with Crippen LogP contribution in [-0.4, -0.2) is 13.4 Å². The Morgan fingerprint density at radius 1 is 0.952 bits per heavy atom. The van der Waals surface area contributed by atoms with E-state index in [0.29, 0.717) is 18.8 Å². The number of nitrogens with zero attached hydrogens (tertiary/aromatic N) is 1. The molecule has 0 unspecified atom stereocenters. The first-order valence-electron chi connectivity index (χ1n) is 5.82. The van der Waals surface area contributed by atoms with Crippen molar-refractivity contribution < 1.29 is 42.7 Å². The van der Waals surface area contributed by atoms with E-state index >= 15 is 0 Å². The number of nitrogens with one attached hydrogen (secondary N) is 1. The third-order valence-electron chi connectivity index (χ3n) is 2.63. The average molecular weight is 304 g/mol. The van der Waals surface area contributed by atoms with Gasteiger partial charge in [-0.2, -0.15) is 13.2 Å². The summed E-state index contributed by atoms with van der Waals surface area (Å²) in [5, 5.41) is 3.13. The SMILES string of the molecule is FC(F)(F)c1ccc(CNCc2ccccc2)nc1.[BH4-].[Na+]. The predicted octanol–water partition coefficient (Wildman–Crippen LogP) is -1.06. The van der Waals surface area contributed by atoms with Crippen molar-refractivity contribution in [2.24, 2.45) is 0 Å². The van der Waals surface area contributed by atoms with Crippen LogP contribution in [0.2, 0.25) is 0 Å². The van der Waals surface area contributed by atoms with Gasteiger partial charge in [-0.05, 0) is 17.7 Å². The Morgan fingerprint density at radius 2 is 1.62 bits per heavy atom. The van der Waals surface area contributed by atoms with Crippen LogP contribution >= 0.6 is 0 Å². The largest absolute Gasteiger partial charge is 1.00 e. The molecule has 0 amide bonds. The Labute approximate surface area is 146 Å². The summed E-state index contributed by atoms with van der Waals surface area (Å²) < 4.78 is 37.0. The fraction of sp³-hybridized carbons (Fsp3) is 0.214. The summed E-state index contributed by atoms with van der Waals surface area (Å²) in [6.45, 7) is 1.09. The van der Waals surface area contributed by atoms with Gasteiger partial charge in [-0.25, -0.2) is 0 Å².